The number of ether oxygens (including phenoxy) is 1. The van der Waals surface area contributed by atoms with Crippen molar-refractivity contribution in [3.63, 3.8) is 0 Å². The summed E-state index contributed by atoms with van der Waals surface area (Å²) in [6.07, 6.45) is -1.83. The topological polar surface area (TPSA) is 195 Å². The second-order valence-electron chi connectivity index (χ2n) is 9.24. The van der Waals surface area contributed by atoms with Gasteiger partial charge in [0.05, 0.1) is 12.9 Å². The van der Waals surface area contributed by atoms with Crippen LogP contribution in [0.5, 0.6) is 5.75 Å². The second kappa shape index (κ2) is 11.2. The molecule has 1 fully saturated rings. The number of nitrogen functional groups attached to an aromatic ring is 1. The average molecular weight is 585 g/mol. The molecule has 0 bridgehead atoms. The Bertz CT molecular complexity index is 1430. The van der Waals surface area contributed by atoms with E-state index in [1.165, 1.54) is 24.7 Å². The van der Waals surface area contributed by atoms with E-state index in [0.29, 0.717) is 6.42 Å². The van der Waals surface area contributed by atoms with Crippen LogP contribution in [-0.2, 0) is 18.6 Å². The minimum atomic E-state index is -4.31. The molecule has 0 spiro atoms. The van der Waals surface area contributed by atoms with E-state index in [4.69, 9.17) is 31.1 Å². The number of hydrogen-bond acceptors (Lipinski definition) is 10. The Labute approximate surface area is 228 Å². The molecule has 3 heterocycles. The number of anilines is 1. The van der Waals surface area contributed by atoms with Crippen molar-refractivity contribution in [2.45, 2.75) is 56.5 Å². The maximum absolute atomic E-state index is 14.2. The lowest BCUT2D eigenvalue weighted by atomic mass is 10.0. The van der Waals surface area contributed by atoms with Crippen LogP contribution in [0, 0.1) is 0 Å². The molecule has 14 nitrogen and oxygen atoms in total. The number of aromatic amines is 1. The third kappa shape index (κ3) is 5.67. The number of carboxylic acids is 1. The highest BCUT2D eigenvalue weighted by Crippen LogP contribution is 2.54. The first-order valence-electron chi connectivity index (χ1n) is 12.1. The van der Waals surface area contributed by atoms with Gasteiger partial charge in [-0.05, 0) is 32.4 Å². The van der Waals surface area contributed by atoms with Crippen LogP contribution in [0.25, 0.3) is 11.2 Å². The molecule has 5 N–H and O–H groups in total. The highest BCUT2D eigenvalue weighted by atomic mass is 35.5. The van der Waals surface area contributed by atoms with E-state index in [9.17, 15) is 24.4 Å². The van der Waals surface area contributed by atoms with Gasteiger partial charge in [-0.2, -0.15) is 9.65 Å². The van der Waals surface area contributed by atoms with Crippen molar-refractivity contribution in [3.05, 3.63) is 47.0 Å². The van der Waals surface area contributed by atoms with Gasteiger partial charge in [-0.15, -0.1) is 11.6 Å². The summed E-state index contributed by atoms with van der Waals surface area (Å²) < 4.78 is 34.3. The summed E-state index contributed by atoms with van der Waals surface area (Å²) in [5, 5.41) is 20.7. The number of imidazole rings is 1. The molecule has 0 amide bonds. The smallest absolute Gasteiger partial charge is 0.462 e. The highest BCUT2D eigenvalue weighted by Gasteiger charge is 2.54. The van der Waals surface area contributed by atoms with E-state index in [0.717, 1.165) is 4.67 Å². The molecule has 16 heteroatoms. The maximum Gasteiger partial charge on any atom is 0.462 e. The van der Waals surface area contributed by atoms with Gasteiger partial charge in [-0.1, -0.05) is 25.1 Å². The van der Waals surface area contributed by atoms with Crippen LogP contribution < -0.4 is 15.8 Å². The monoisotopic (exact) mass is 584 g/mol. The molecule has 4 rings (SSSR count). The molecule has 1 aromatic carbocycles. The van der Waals surface area contributed by atoms with Crippen LogP contribution in [-0.4, -0.2) is 76.6 Å². The summed E-state index contributed by atoms with van der Waals surface area (Å²) in [7, 11) is -4.31. The Hall–Kier alpha value is -3.00. The van der Waals surface area contributed by atoms with Crippen molar-refractivity contribution in [2.24, 2.45) is 0 Å². The molecule has 0 aliphatic carbocycles. The molecule has 1 aliphatic rings. The van der Waals surface area contributed by atoms with Gasteiger partial charge in [-0.3, -0.25) is 23.7 Å². The number of hydrogen-bond donors (Lipinski definition) is 4. The van der Waals surface area contributed by atoms with Gasteiger partial charge < -0.3 is 25.2 Å². The van der Waals surface area contributed by atoms with Crippen LogP contribution in [0.15, 0.2) is 41.5 Å². The Balaban J connectivity index is 1.63. The molecule has 212 valence electrons. The first kappa shape index (κ1) is 29.0. The third-order valence-electron chi connectivity index (χ3n) is 6.36. The highest BCUT2D eigenvalue weighted by molar-refractivity contribution is 7.51. The average Bonchev–Trinajstić information content (AvgIpc) is 3.39. The van der Waals surface area contributed by atoms with Crippen molar-refractivity contribution >= 4 is 42.4 Å². The van der Waals surface area contributed by atoms with Crippen molar-refractivity contribution in [1.29, 1.82) is 0 Å². The number of fused-ring (bicyclic) bond motifs is 1. The van der Waals surface area contributed by atoms with Gasteiger partial charge in [-0.25, -0.2) is 9.55 Å². The van der Waals surface area contributed by atoms with E-state index >= 15 is 0 Å². The molecule has 3 aromatic rings. The fourth-order valence-electron chi connectivity index (χ4n) is 4.29. The number of nitrogens with two attached hydrogens (primary N) is 1. The number of carboxylic acid groups (broad SMARTS) is 1. The first-order valence-corrected chi connectivity index (χ1v) is 14.0. The summed E-state index contributed by atoms with van der Waals surface area (Å²) in [6.45, 7) is 4.30. The predicted molar refractivity (Wildman–Crippen MR) is 141 cm³/mol. The summed E-state index contributed by atoms with van der Waals surface area (Å²) in [5.41, 5.74) is 5.21. The zero-order chi connectivity index (χ0) is 28.5. The summed E-state index contributed by atoms with van der Waals surface area (Å²) in [5.74, 6) is -1.17. The molecule has 6 atom stereocenters. The number of nitrogens with one attached hydrogen (secondary N) is 1. The van der Waals surface area contributed by atoms with Crippen LogP contribution in [0.2, 0.25) is 0 Å². The lowest BCUT2D eigenvalue weighted by Crippen LogP contribution is -2.41. The van der Waals surface area contributed by atoms with Gasteiger partial charge in [0.1, 0.15) is 28.9 Å². The number of aliphatic hydroxyl groups is 1. The number of rotatable bonds is 11. The van der Waals surface area contributed by atoms with Gasteiger partial charge in [0, 0.05) is 6.54 Å². The number of carbonyl (C=O) groups is 1. The van der Waals surface area contributed by atoms with Crippen molar-refractivity contribution in [3.8, 4) is 5.75 Å². The number of para-hydroxylation sites is 1. The Kier molecular flexibility index (Phi) is 8.36. The Morgan fingerprint density at radius 2 is 2.10 bits per heavy atom. The normalized spacial score (nSPS) is 25.5. The first-order chi connectivity index (χ1) is 18.4. The van der Waals surface area contributed by atoms with E-state index < -0.39 is 55.2 Å². The fourth-order valence-corrected chi connectivity index (χ4v) is 6.58. The van der Waals surface area contributed by atoms with E-state index in [1.54, 1.807) is 37.3 Å². The molecule has 1 aliphatic heterocycles. The number of H-pyrrole nitrogens is 1. The summed E-state index contributed by atoms with van der Waals surface area (Å²) in [4.78, 5) is 33.1. The van der Waals surface area contributed by atoms with Crippen LogP contribution in [0.1, 0.15) is 33.4 Å². The molecular weight excluding hydrogens is 555 g/mol. The lowest BCUT2D eigenvalue weighted by molar-refractivity contribution is -0.141. The van der Waals surface area contributed by atoms with Crippen molar-refractivity contribution < 1.29 is 33.4 Å². The second-order valence-corrected chi connectivity index (χ2v) is 12.0. The third-order valence-corrected chi connectivity index (χ3v) is 8.86. The van der Waals surface area contributed by atoms with Crippen molar-refractivity contribution in [1.82, 2.24) is 24.2 Å². The zero-order valence-electron chi connectivity index (χ0n) is 21.4. The number of benzene rings is 1. The van der Waals surface area contributed by atoms with Crippen LogP contribution in [0.4, 0.5) is 5.95 Å². The summed E-state index contributed by atoms with van der Waals surface area (Å²) in [6, 6.07) is 6.97. The zero-order valence-corrected chi connectivity index (χ0v) is 23.1. The number of alkyl halides is 1. The van der Waals surface area contributed by atoms with Gasteiger partial charge >= 0.3 is 13.7 Å². The molecule has 0 saturated carbocycles. The number of aromatic nitrogens is 4. The quantitative estimate of drug-likeness (QED) is 0.190. The minimum Gasteiger partial charge on any atom is -0.480 e. The number of aliphatic carboxylic acids is 1. The molecule has 2 aromatic heterocycles. The molecule has 0 radical (unpaired) electrons. The number of halogens is 1. The van der Waals surface area contributed by atoms with Gasteiger partial charge in [0.2, 0.25) is 5.95 Å². The van der Waals surface area contributed by atoms with E-state index in [-0.39, 0.29) is 29.4 Å². The van der Waals surface area contributed by atoms with Gasteiger partial charge in [0.15, 0.2) is 17.4 Å². The van der Waals surface area contributed by atoms with E-state index in [1.807, 2.05) is 0 Å². The molecule has 1 saturated heterocycles. The van der Waals surface area contributed by atoms with Crippen molar-refractivity contribution in [2.75, 3.05) is 18.9 Å². The summed E-state index contributed by atoms with van der Waals surface area (Å²) >= 11 is 6.72. The standard InChI is InChI=1S/C23H30ClN6O8P/c1-4-10-30(13(2)20(33)34)39(35,38-14-8-6-5-7-9-14)36-11-15-17(31)23(3,24)21(37-15)29-12-26-16-18(29)27-22(25)28-19(16)32/h5-9,12-13,15,17,21,31H,4,10-11H2,1-3H3,(H,33,34)(H3,25,27,28,32)/t13-,15+,17+,21+,23+,39-/m0/s1. The Morgan fingerprint density at radius 1 is 1.41 bits per heavy atom. The number of aliphatic hydroxyl groups excluding tert-OH is 1. The predicted octanol–water partition coefficient (Wildman–Crippen LogP) is 2.35. The molecule has 39 heavy (non-hydrogen) atoms. The van der Waals surface area contributed by atoms with Gasteiger partial charge in [0.25, 0.3) is 5.56 Å². The molecule has 0 unspecified atom stereocenters. The van der Waals surface area contributed by atoms with E-state index in [2.05, 4.69) is 15.0 Å². The lowest BCUT2D eigenvalue weighted by Gasteiger charge is -2.33. The SMILES string of the molecule is CCCN([C@@H](C)C(=O)O)[P@](=O)(OC[C@H]1O[C@@H](n2cnc3c(=O)[nH]c(N)nc32)[C@](C)(Cl)[C@@H]1O)Oc1ccccc1. The maximum atomic E-state index is 14.2. The minimum absolute atomic E-state index is 0.00640. The number of nitrogens with zero attached hydrogens (tertiary/aromatic N) is 4. The Morgan fingerprint density at radius 3 is 2.74 bits per heavy atom. The largest absolute Gasteiger partial charge is 0.480 e. The van der Waals surface area contributed by atoms with Crippen LogP contribution >= 0.6 is 19.3 Å². The molecular formula is C23H30ClN6O8P. The fraction of sp³-hybridized carbons (Fsp3) is 0.478. The van der Waals surface area contributed by atoms with Crippen LogP contribution in [0.3, 0.4) is 0 Å².